The molecule has 2 N–H and O–H groups in total. The lowest BCUT2D eigenvalue weighted by Gasteiger charge is -2.30. The highest BCUT2D eigenvalue weighted by molar-refractivity contribution is 6.30. The van der Waals surface area contributed by atoms with E-state index in [2.05, 4.69) is 16.9 Å². The molecule has 2 aromatic rings. The average molecular weight is 370 g/mol. The molecule has 0 spiro atoms. The highest BCUT2D eigenvalue weighted by Crippen LogP contribution is 2.26. The minimum absolute atomic E-state index is 0.204. The summed E-state index contributed by atoms with van der Waals surface area (Å²) in [7, 11) is 0. The molecule has 0 bridgehead atoms. The summed E-state index contributed by atoms with van der Waals surface area (Å²) < 4.78 is 0. The second-order valence-corrected chi connectivity index (χ2v) is 6.52. The lowest BCUT2D eigenvalue weighted by molar-refractivity contribution is -0.125. The molecule has 1 aliphatic heterocycles. The van der Waals surface area contributed by atoms with Gasteiger partial charge in [0.1, 0.15) is 0 Å². The van der Waals surface area contributed by atoms with Gasteiger partial charge in [0.25, 0.3) is 11.8 Å². The number of rotatable bonds is 4. The largest absolute Gasteiger partial charge is 0.362 e. The summed E-state index contributed by atoms with van der Waals surface area (Å²) in [5.74, 6) is -0.663. The van der Waals surface area contributed by atoms with Crippen molar-refractivity contribution in [3.63, 3.8) is 0 Å². The van der Waals surface area contributed by atoms with Crippen molar-refractivity contribution in [3.8, 4) is 0 Å². The third kappa shape index (κ3) is 4.86. The van der Waals surface area contributed by atoms with Gasteiger partial charge in [0.05, 0.1) is 6.54 Å². The van der Waals surface area contributed by atoms with Crippen molar-refractivity contribution in [3.05, 3.63) is 70.8 Å². The van der Waals surface area contributed by atoms with E-state index < -0.39 is 5.91 Å². The monoisotopic (exact) mass is 369 g/mol. The molecule has 2 aromatic carbocycles. The Balaban J connectivity index is 1.49. The number of carbonyl (C=O) groups is 2. The van der Waals surface area contributed by atoms with Gasteiger partial charge in [-0.1, -0.05) is 41.9 Å². The van der Waals surface area contributed by atoms with Crippen molar-refractivity contribution >= 4 is 35.2 Å². The van der Waals surface area contributed by atoms with Crippen LogP contribution in [0.2, 0.25) is 5.02 Å². The van der Waals surface area contributed by atoms with Gasteiger partial charge < -0.3 is 4.90 Å². The van der Waals surface area contributed by atoms with Gasteiger partial charge in [-0.3, -0.25) is 20.4 Å². The van der Waals surface area contributed by atoms with Crippen LogP contribution in [-0.4, -0.2) is 24.9 Å². The van der Waals surface area contributed by atoms with Crippen molar-refractivity contribution in [1.29, 1.82) is 0 Å². The number of anilines is 1. The highest BCUT2D eigenvalue weighted by Gasteiger charge is 2.18. The Morgan fingerprint density at radius 1 is 1.12 bits per heavy atom. The van der Waals surface area contributed by atoms with E-state index in [1.807, 2.05) is 29.2 Å². The first-order chi connectivity index (χ1) is 12.6. The Morgan fingerprint density at radius 2 is 1.96 bits per heavy atom. The summed E-state index contributed by atoms with van der Waals surface area (Å²) in [5.41, 5.74) is 7.99. The lowest BCUT2D eigenvalue weighted by Crippen LogP contribution is -2.47. The average Bonchev–Trinajstić information content (AvgIpc) is 2.65. The Labute approximate surface area is 157 Å². The maximum absolute atomic E-state index is 12.1. The fourth-order valence-electron chi connectivity index (χ4n) is 2.94. The second kappa shape index (κ2) is 8.54. The Bertz CT molecular complexity index is 835. The van der Waals surface area contributed by atoms with Crippen LogP contribution in [-0.2, 0) is 16.0 Å². The number of carbonyl (C=O) groups excluding carboxylic acids is 2. The number of halogens is 1. The standard InChI is InChI=1S/C20H20ClN3O2/c21-17-8-3-5-15(13-17)10-11-19(25)22-23-20(26)14-24-12-4-7-16-6-1-2-9-18(16)24/h1-3,5-6,8-11,13H,4,7,12,14H2,(H,22,25)(H,23,26)/b11-10+. The number of hydrogen-bond acceptors (Lipinski definition) is 3. The molecule has 0 atom stereocenters. The third-order valence-electron chi connectivity index (χ3n) is 4.14. The van der Waals surface area contributed by atoms with Crippen LogP contribution in [0, 0.1) is 0 Å². The summed E-state index contributed by atoms with van der Waals surface area (Å²) in [6.45, 7) is 1.03. The molecule has 5 nitrogen and oxygen atoms in total. The predicted molar refractivity (Wildman–Crippen MR) is 104 cm³/mol. The fourth-order valence-corrected chi connectivity index (χ4v) is 3.14. The molecule has 0 fully saturated rings. The molecule has 26 heavy (non-hydrogen) atoms. The quantitative estimate of drug-likeness (QED) is 0.643. The fraction of sp³-hybridized carbons (Fsp3) is 0.200. The number of fused-ring (bicyclic) bond motifs is 1. The molecule has 0 aromatic heterocycles. The summed E-state index contributed by atoms with van der Waals surface area (Å²) in [6, 6.07) is 15.2. The van der Waals surface area contributed by atoms with Crippen molar-refractivity contribution in [2.75, 3.05) is 18.0 Å². The molecule has 134 valence electrons. The van der Waals surface area contributed by atoms with Crippen LogP contribution >= 0.6 is 11.6 Å². The molecule has 0 aliphatic carbocycles. The maximum Gasteiger partial charge on any atom is 0.262 e. The Kier molecular flexibility index (Phi) is 5.92. The number of hydrogen-bond donors (Lipinski definition) is 2. The van der Waals surface area contributed by atoms with Crippen LogP contribution in [0.3, 0.4) is 0 Å². The maximum atomic E-state index is 12.1. The molecule has 3 rings (SSSR count). The van der Waals surface area contributed by atoms with Gasteiger partial charge in [0, 0.05) is 23.3 Å². The molecule has 2 amide bonds. The number of para-hydroxylation sites is 1. The summed E-state index contributed by atoms with van der Waals surface area (Å²) >= 11 is 5.90. The van der Waals surface area contributed by atoms with E-state index in [1.54, 1.807) is 24.3 Å². The Hall–Kier alpha value is -2.79. The highest BCUT2D eigenvalue weighted by atomic mass is 35.5. The van der Waals surface area contributed by atoms with Crippen LogP contribution in [0.4, 0.5) is 5.69 Å². The number of benzene rings is 2. The van der Waals surface area contributed by atoms with E-state index in [1.165, 1.54) is 11.6 Å². The molecule has 0 saturated heterocycles. The first-order valence-electron chi connectivity index (χ1n) is 8.47. The smallest absolute Gasteiger partial charge is 0.262 e. The molecule has 1 aliphatic rings. The minimum Gasteiger partial charge on any atom is -0.362 e. The van der Waals surface area contributed by atoms with Crippen molar-refractivity contribution in [2.24, 2.45) is 0 Å². The normalized spacial score (nSPS) is 13.3. The molecular formula is C20H20ClN3O2. The SMILES string of the molecule is O=C(/C=C/c1cccc(Cl)c1)NNC(=O)CN1CCCc2ccccc21. The van der Waals surface area contributed by atoms with Crippen LogP contribution < -0.4 is 15.8 Å². The zero-order valence-corrected chi connectivity index (χ0v) is 15.0. The van der Waals surface area contributed by atoms with Gasteiger partial charge >= 0.3 is 0 Å². The third-order valence-corrected chi connectivity index (χ3v) is 4.38. The van der Waals surface area contributed by atoms with E-state index in [9.17, 15) is 9.59 Å². The van der Waals surface area contributed by atoms with Crippen LogP contribution in [0.25, 0.3) is 6.08 Å². The number of hydrazine groups is 1. The summed E-state index contributed by atoms with van der Waals surface area (Å²) in [4.78, 5) is 26.0. The number of amides is 2. The van der Waals surface area contributed by atoms with E-state index in [-0.39, 0.29) is 12.5 Å². The van der Waals surface area contributed by atoms with Gasteiger partial charge in [-0.2, -0.15) is 0 Å². The van der Waals surface area contributed by atoms with Gasteiger partial charge in [0.2, 0.25) is 0 Å². The number of aryl methyl sites for hydroxylation is 1. The van der Waals surface area contributed by atoms with Crippen molar-refractivity contribution in [2.45, 2.75) is 12.8 Å². The van der Waals surface area contributed by atoms with Crippen LogP contribution in [0.5, 0.6) is 0 Å². The van der Waals surface area contributed by atoms with Crippen LogP contribution in [0.1, 0.15) is 17.5 Å². The topological polar surface area (TPSA) is 61.4 Å². The molecule has 0 radical (unpaired) electrons. The molecular weight excluding hydrogens is 350 g/mol. The van der Waals surface area contributed by atoms with Crippen LogP contribution in [0.15, 0.2) is 54.6 Å². The molecule has 6 heteroatoms. The predicted octanol–water partition coefficient (Wildman–Crippen LogP) is 2.95. The van der Waals surface area contributed by atoms with Gasteiger partial charge in [0.15, 0.2) is 0 Å². The second-order valence-electron chi connectivity index (χ2n) is 6.08. The van der Waals surface area contributed by atoms with E-state index in [4.69, 9.17) is 11.6 Å². The van der Waals surface area contributed by atoms with Crippen molar-refractivity contribution < 1.29 is 9.59 Å². The van der Waals surface area contributed by atoms with Gasteiger partial charge in [-0.15, -0.1) is 0 Å². The lowest BCUT2D eigenvalue weighted by atomic mass is 10.0. The Morgan fingerprint density at radius 3 is 2.81 bits per heavy atom. The van der Waals surface area contributed by atoms with Gasteiger partial charge in [-0.05, 0) is 48.2 Å². The first-order valence-corrected chi connectivity index (χ1v) is 8.85. The minimum atomic E-state index is -0.405. The number of nitrogens with zero attached hydrogens (tertiary/aromatic N) is 1. The molecule has 0 saturated carbocycles. The first kappa shape index (κ1) is 18.0. The van der Waals surface area contributed by atoms with Crippen molar-refractivity contribution in [1.82, 2.24) is 10.9 Å². The van der Waals surface area contributed by atoms with E-state index in [0.717, 1.165) is 30.6 Å². The van der Waals surface area contributed by atoms with E-state index >= 15 is 0 Å². The summed E-state index contributed by atoms with van der Waals surface area (Å²) in [5, 5.41) is 0.600. The zero-order chi connectivity index (χ0) is 18.4. The zero-order valence-electron chi connectivity index (χ0n) is 14.2. The van der Waals surface area contributed by atoms with Gasteiger partial charge in [-0.25, -0.2) is 0 Å². The molecule has 1 heterocycles. The number of nitrogens with one attached hydrogen (secondary N) is 2. The molecule has 0 unspecified atom stereocenters. The summed E-state index contributed by atoms with van der Waals surface area (Å²) in [6.07, 6.45) is 5.02. The van der Waals surface area contributed by atoms with E-state index in [0.29, 0.717) is 5.02 Å².